The Morgan fingerprint density at radius 1 is 0.756 bits per heavy atom. The molecule has 2 aromatic carbocycles. The van der Waals surface area contributed by atoms with Crippen LogP contribution in [0, 0.1) is 5.92 Å². The van der Waals surface area contributed by atoms with Crippen LogP contribution in [0.3, 0.4) is 0 Å². The first kappa shape index (κ1) is 33.2. The van der Waals surface area contributed by atoms with Crippen LogP contribution in [-0.4, -0.2) is 64.6 Å². The van der Waals surface area contributed by atoms with E-state index in [1.54, 1.807) is 36.4 Å². The van der Waals surface area contributed by atoms with E-state index < -0.39 is 47.9 Å². The molecular weight excluding hydrogens is 526 g/mol. The molecule has 2 aromatic rings. The lowest BCUT2D eigenvalue weighted by Crippen LogP contribution is -2.58. The Bertz CT molecular complexity index is 1130. The van der Waals surface area contributed by atoms with Gasteiger partial charge in [-0.05, 0) is 67.8 Å². The van der Waals surface area contributed by atoms with Crippen LogP contribution >= 0.6 is 0 Å². The Labute approximate surface area is 241 Å². The quantitative estimate of drug-likeness (QED) is 0.138. The van der Waals surface area contributed by atoms with E-state index >= 15 is 0 Å². The van der Waals surface area contributed by atoms with Gasteiger partial charge in [-0.25, -0.2) is 4.79 Å². The van der Waals surface area contributed by atoms with Gasteiger partial charge in [0.1, 0.15) is 23.9 Å². The second-order valence-corrected chi connectivity index (χ2v) is 10.6. The minimum atomic E-state index is -1.17. The third-order valence-corrected chi connectivity index (χ3v) is 6.55. The summed E-state index contributed by atoms with van der Waals surface area (Å²) >= 11 is 0. The van der Waals surface area contributed by atoms with Gasteiger partial charge in [0.15, 0.2) is 0 Å². The number of phenolic OH excluding ortho intramolecular Hbond substituents is 1. The molecule has 0 aliphatic carbocycles. The minimum absolute atomic E-state index is 0.0275. The lowest BCUT2D eigenvalue weighted by molar-refractivity contribution is -0.142. The van der Waals surface area contributed by atoms with Crippen molar-refractivity contribution in [3.63, 3.8) is 0 Å². The predicted octanol–water partition coefficient (Wildman–Crippen LogP) is 1.22. The summed E-state index contributed by atoms with van der Waals surface area (Å²) in [5, 5.41) is 27.1. The van der Waals surface area contributed by atoms with Crippen molar-refractivity contribution in [2.24, 2.45) is 17.4 Å². The number of carboxylic acid groups (broad SMARTS) is 1. The fraction of sp³-hybridized carbons (Fsp3) is 0.467. The van der Waals surface area contributed by atoms with Crippen LogP contribution in [0.1, 0.15) is 50.7 Å². The smallest absolute Gasteiger partial charge is 0.326 e. The van der Waals surface area contributed by atoms with Crippen LogP contribution in [0.2, 0.25) is 0 Å². The monoisotopic (exact) mass is 569 g/mol. The van der Waals surface area contributed by atoms with Gasteiger partial charge < -0.3 is 37.6 Å². The maximum absolute atomic E-state index is 13.5. The van der Waals surface area contributed by atoms with Crippen molar-refractivity contribution >= 4 is 23.7 Å². The number of amides is 3. The zero-order chi connectivity index (χ0) is 30.4. The third kappa shape index (κ3) is 12.0. The lowest BCUT2D eigenvalue weighted by atomic mass is 9.99. The summed E-state index contributed by atoms with van der Waals surface area (Å²) in [5.41, 5.74) is 13.1. The first-order valence-electron chi connectivity index (χ1n) is 13.9. The van der Waals surface area contributed by atoms with Gasteiger partial charge in [0.25, 0.3) is 0 Å². The van der Waals surface area contributed by atoms with Gasteiger partial charge in [0, 0.05) is 6.42 Å². The number of aromatic hydroxyl groups is 1. The van der Waals surface area contributed by atoms with Gasteiger partial charge in [-0.2, -0.15) is 0 Å². The van der Waals surface area contributed by atoms with E-state index in [1.165, 1.54) is 12.1 Å². The topological polar surface area (TPSA) is 197 Å². The molecule has 3 amide bonds. The van der Waals surface area contributed by atoms with Crippen LogP contribution < -0.4 is 27.4 Å². The van der Waals surface area contributed by atoms with Crippen LogP contribution in [0.4, 0.5) is 0 Å². The molecule has 0 spiro atoms. The van der Waals surface area contributed by atoms with Gasteiger partial charge in [0.2, 0.25) is 17.7 Å². The second-order valence-electron chi connectivity index (χ2n) is 10.6. The first-order valence-corrected chi connectivity index (χ1v) is 13.9. The SMILES string of the molecule is CC(C)CC(NC(=O)C(N)Cc1ccc(O)cc1)C(=O)NC(Cc1ccccc1)C(=O)NC(CCCCN)C(=O)O. The first-order chi connectivity index (χ1) is 19.5. The number of benzene rings is 2. The molecule has 0 saturated heterocycles. The predicted molar refractivity (Wildman–Crippen MR) is 156 cm³/mol. The number of hydrogen-bond acceptors (Lipinski definition) is 7. The molecule has 9 N–H and O–H groups in total. The van der Waals surface area contributed by atoms with Crippen molar-refractivity contribution in [2.75, 3.05) is 6.54 Å². The van der Waals surface area contributed by atoms with Gasteiger partial charge in [0.05, 0.1) is 6.04 Å². The lowest BCUT2D eigenvalue weighted by Gasteiger charge is -2.26. The fourth-order valence-electron chi connectivity index (χ4n) is 4.31. The average Bonchev–Trinajstić information content (AvgIpc) is 2.93. The summed E-state index contributed by atoms with van der Waals surface area (Å²) in [4.78, 5) is 51.5. The van der Waals surface area contributed by atoms with E-state index in [-0.39, 0.29) is 30.9 Å². The highest BCUT2D eigenvalue weighted by molar-refractivity contribution is 5.94. The molecule has 0 aliphatic heterocycles. The maximum atomic E-state index is 13.5. The summed E-state index contributed by atoms with van der Waals surface area (Å²) in [6.45, 7) is 4.21. The zero-order valence-corrected chi connectivity index (χ0v) is 23.7. The van der Waals surface area contributed by atoms with Crippen LogP contribution in [-0.2, 0) is 32.0 Å². The molecule has 0 radical (unpaired) electrons. The number of unbranched alkanes of at least 4 members (excludes halogenated alkanes) is 1. The van der Waals surface area contributed by atoms with Crippen molar-refractivity contribution in [1.82, 2.24) is 16.0 Å². The van der Waals surface area contributed by atoms with E-state index in [9.17, 15) is 29.4 Å². The summed E-state index contributed by atoms with van der Waals surface area (Å²) in [6.07, 6.45) is 1.96. The summed E-state index contributed by atoms with van der Waals surface area (Å²) in [5.74, 6) is -2.79. The molecule has 11 nitrogen and oxygen atoms in total. The number of carbonyl (C=O) groups excluding carboxylic acids is 3. The van der Waals surface area contributed by atoms with Gasteiger partial charge >= 0.3 is 5.97 Å². The molecule has 4 unspecified atom stereocenters. The van der Waals surface area contributed by atoms with Crippen LogP contribution in [0.15, 0.2) is 54.6 Å². The largest absolute Gasteiger partial charge is 0.508 e. The molecule has 0 saturated carbocycles. The van der Waals surface area contributed by atoms with Crippen molar-refractivity contribution in [3.8, 4) is 5.75 Å². The molecule has 2 rings (SSSR count). The average molecular weight is 570 g/mol. The van der Waals surface area contributed by atoms with Gasteiger partial charge in [-0.3, -0.25) is 14.4 Å². The van der Waals surface area contributed by atoms with Gasteiger partial charge in [-0.1, -0.05) is 56.3 Å². The van der Waals surface area contributed by atoms with Crippen molar-refractivity contribution in [3.05, 3.63) is 65.7 Å². The van der Waals surface area contributed by atoms with Crippen molar-refractivity contribution in [2.45, 2.75) is 76.5 Å². The standard InChI is InChI=1S/C30H43N5O6/c1-19(2)16-25(34-27(37)23(32)17-21-11-13-22(36)14-12-21)28(38)35-26(18-20-8-4-3-5-9-20)29(39)33-24(30(40)41)10-6-7-15-31/h3-5,8-9,11-14,19,23-26,36H,6-7,10,15-18,31-32H2,1-2H3,(H,33,39)(H,34,37)(H,35,38)(H,40,41). The molecule has 0 heterocycles. The van der Waals surface area contributed by atoms with E-state index in [0.717, 1.165) is 11.1 Å². The van der Waals surface area contributed by atoms with Crippen molar-refractivity contribution < 1.29 is 29.4 Å². The highest BCUT2D eigenvalue weighted by Crippen LogP contribution is 2.12. The van der Waals surface area contributed by atoms with Gasteiger partial charge in [-0.15, -0.1) is 0 Å². The Kier molecular flexibility index (Phi) is 13.8. The molecule has 0 bridgehead atoms. The van der Waals surface area contributed by atoms with Crippen LogP contribution in [0.5, 0.6) is 5.75 Å². The maximum Gasteiger partial charge on any atom is 0.326 e. The normalized spacial score (nSPS) is 14.0. The van der Waals surface area contributed by atoms with E-state index in [2.05, 4.69) is 16.0 Å². The molecule has 0 fully saturated rings. The minimum Gasteiger partial charge on any atom is -0.508 e. The number of carboxylic acids is 1. The Morgan fingerprint density at radius 2 is 1.32 bits per heavy atom. The molecular formula is C30H43N5O6. The second kappa shape index (κ2) is 17.0. The van der Waals surface area contributed by atoms with Crippen LogP contribution in [0.25, 0.3) is 0 Å². The third-order valence-electron chi connectivity index (χ3n) is 6.55. The molecule has 0 aromatic heterocycles. The van der Waals surface area contributed by atoms with E-state index in [4.69, 9.17) is 11.5 Å². The summed E-state index contributed by atoms with van der Waals surface area (Å²) in [7, 11) is 0. The number of nitrogens with one attached hydrogen (secondary N) is 3. The summed E-state index contributed by atoms with van der Waals surface area (Å²) < 4.78 is 0. The molecule has 4 atom stereocenters. The highest BCUT2D eigenvalue weighted by atomic mass is 16.4. The van der Waals surface area contributed by atoms with E-state index in [0.29, 0.717) is 25.8 Å². The Balaban J connectivity index is 2.18. The summed E-state index contributed by atoms with van der Waals surface area (Å²) in [6, 6.07) is 11.2. The number of carbonyl (C=O) groups is 4. The number of phenols is 1. The number of hydrogen-bond donors (Lipinski definition) is 7. The highest BCUT2D eigenvalue weighted by Gasteiger charge is 2.31. The Hall–Kier alpha value is -3.96. The molecule has 41 heavy (non-hydrogen) atoms. The number of nitrogens with two attached hydrogens (primary N) is 2. The molecule has 224 valence electrons. The molecule has 0 aliphatic rings. The zero-order valence-electron chi connectivity index (χ0n) is 23.7. The number of aliphatic carboxylic acids is 1. The van der Waals surface area contributed by atoms with E-state index in [1.807, 2.05) is 19.9 Å². The molecule has 11 heteroatoms. The fourth-order valence-corrected chi connectivity index (χ4v) is 4.31. The number of rotatable bonds is 17. The Morgan fingerprint density at radius 3 is 1.90 bits per heavy atom. The van der Waals surface area contributed by atoms with Crippen molar-refractivity contribution in [1.29, 1.82) is 0 Å².